The van der Waals surface area contributed by atoms with Gasteiger partial charge >= 0.3 is 0 Å². The molecular weight excluding hydrogens is 332 g/mol. The predicted molar refractivity (Wildman–Crippen MR) is 99.5 cm³/mol. The van der Waals surface area contributed by atoms with E-state index in [-0.39, 0.29) is 12.5 Å². The van der Waals surface area contributed by atoms with Gasteiger partial charge in [-0.25, -0.2) is 5.06 Å². The van der Waals surface area contributed by atoms with Crippen LogP contribution in [0.5, 0.6) is 5.75 Å². The summed E-state index contributed by atoms with van der Waals surface area (Å²) in [6.07, 6.45) is 0.489. The molecular formula is C20H24N2O4. The van der Waals surface area contributed by atoms with Gasteiger partial charge in [0.25, 0.3) is 0 Å². The summed E-state index contributed by atoms with van der Waals surface area (Å²) in [5.74, 6) is 0.177. The highest BCUT2D eigenvalue weighted by Gasteiger charge is 2.19. The van der Waals surface area contributed by atoms with Crippen LogP contribution >= 0.6 is 0 Å². The lowest BCUT2D eigenvalue weighted by atomic mass is 10.2. The van der Waals surface area contributed by atoms with Crippen molar-refractivity contribution in [3.63, 3.8) is 0 Å². The quantitative estimate of drug-likeness (QED) is 0.581. The van der Waals surface area contributed by atoms with Crippen LogP contribution < -0.4 is 10.1 Å². The molecule has 0 saturated heterocycles. The highest BCUT2D eigenvalue weighted by atomic mass is 16.7. The number of hydrogen-bond acceptors (Lipinski definition) is 4. The van der Waals surface area contributed by atoms with E-state index in [1.54, 1.807) is 39.0 Å². The molecule has 1 N–H and O–H groups in total. The highest BCUT2D eigenvalue weighted by molar-refractivity contribution is 5.94. The Hall–Kier alpha value is -2.86. The van der Waals surface area contributed by atoms with Gasteiger partial charge < -0.3 is 10.1 Å². The van der Waals surface area contributed by atoms with Gasteiger partial charge in [-0.1, -0.05) is 42.5 Å². The second kappa shape index (κ2) is 9.01. The van der Waals surface area contributed by atoms with E-state index in [4.69, 9.17) is 9.57 Å². The van der Waals surface area contributed by atoms with Crippen molar-refractivity contribution in [3.05, 3.63) is 60.2 Å². The molecule has 2 aromatic carbocycles. The largest absolute Gasteiger partial charge is 0.487 e. The van der Waals surface area contributed by atoms with E-state index < -0.39 is 5.60 Å². The first kappa shape index (κ1) is 19.5. The maximum atomic E-state index is 12.2. The van der Waals surface area contributed by atoms with E-state index in [0.717, 1.165) is 10.6 Å². The fourth-order valence-corrected chi connectivity index (χ4v) is 2.21. The number of hydroxylamine groups is 2. The summed E-state index contributed by atoms with van der Waals surface area (Å²) in [7, 11) is 0. The molecule has 0 heterocycles. The van der Waals surface area contributed by atoms with E-state index in [9.17, 15) is 9.59 Å². The molecule has 0 aliphatic rings. The average molecular weight is 356 g/mol. The van der Waals surface area contributed by atoms with Gasteiger partial charge in [-0.05, 0) is 38.5 Å². The van der Waals surface area contributed by atoms with Crippen molar-refractivity contribution in [1.29, 1.82) is 0 Å². The van der Waals surface area contributed by atoms with Gasteiger partial charge in [0.1, 0.15) is 18.9 Å². The predicted octanol–water partition coefficient (Wildman–Crippen LogP) is 3.39. The lowest BCUT2D eigenvalue weighted by Gasteiger charge is -2.26. The van der Waals surface area contributed by atoms with Crippen molar-refractivity contribution in [2.45, 2.75) is 33.0 Å². The standard InChI is InChI=1S/C20H24N2O4/c1-20(2,3)26-22(15-23)13-19(24)21-17-11-7-8-12-18(17)25-14-16-9-5-4-6-10-16/h4-12,15H,13-14H2,1-3H3,(H,21,24). The smallest absolute Gasteiger partial charge is 0.246 e. The Labute approximate surface area is 153 Å². The molecule has 0 saturated carbocycles. The van der Waals surface area contributed by atoms with E-state index in [1.807, 2.05) is 36.4 Å². The first-order valence-corrected chi connectivity index (χ1v) is 8.34. The van der Waals surface area contributed by atoms with Gasteiger partial charge in [-0.15, -0.1) is 0 Å². The molecule has 2 aromatic rings. The third-order valence-electron chi connectivity index (χ3n) is 3.21. The lowest BCUT2D eigenvalue weighted by molar-refractivity contribution is -0.214. The van der Waals surface area contributed by atoms with Crippen LogP contribution in [-0.2, 0) is 21.0 Å². The highest BCUT2D eigenvalue weighted by Crippen LogP contribution is 2.24. The fourth-order valence-electron chi connectivity index (χ4n) is 2.21. The molecule has 0 aliphatic carbocycles. The van der Waals surface area contributed by atoms with Gasteiger partial charge in [0.2, 0.25) is 12.3 Å². The third-order valence-corrected chi connectivity index (χ3v) is 3.21. The number of carbonyl (C=O) groups is 2. The number of nitrogens with one attached hydrogen (secondary N) is 1. The summed E-state index contributed by atoms with van der Waals surface area (Å²) in [6, 6.07) is 16.9. The summed E-state index contributed by atoms with van der Waals surface area (Å²) >= 11 is 0. The van der Waals surface area contributed by atoms with Crippen LogP contribution in [0.4, 0.5) is 5.69 Å². The second-order valence-electron chi connectivity index (χ2n) is 6.70. The minimum absolute atomic E-state index is 0.214. The molecule has 138 valence electrons. The number of hydrogen-bond donors (Lipinski definition) is 1. The van der Waals surface area contributed by atoms with E-state index in [2.05, 4.69) is 5.32 Å². The number of ether oxygens (including phenoxy) is 1. The Bertz CT molecular complexity index is 726. The van der Waals surface area contributed by atoms with E-state index in [1.165, 1.54) is 0 Å². The number of carbonyl (C=O) groups excluding carboxylic acids is 2. The maximum absolute atomic E-state index is 12.2. The van der Waals surface area contributed by atoms with Crippen molar-refractivity contribution in [3.8, 4) is 5.75 Å². The Balaban J connectivity index is 1.98. The average Bonchev–Trinajstić information content (AvgIpc) is 2.60. The SMILES string of the molecule is CC(C)(C)ON(C=O)CC(=O)Nc1ccccc1OCc1ccccc1. The molecule has 0 atom stereocenters. The Morgan fingerprint density at radius 1 is 1.08 bits per heavy atom. The van der Waals surface area contributed by atoms with Gasteiger partial charge in [0, 0.05) is 0 Å². The topological polar surface area (TPSA) is 67.9 Å². The Morgan fingerprint density at radius 2 is 1.73 bits per heavy atom. The monoisotopic (exact) mass is 356 g/mol. The number of benzene rings is 2. The summed E-state index contributed by atoms with van der Waals surface area (Å²) < 4.78 is 5.81. The number of nitrogens with zero attached hydrogens (tertiary/aromatic N) is 1. The van der Waals surface area contributed by atoms with Crippen LogP contribution in [0.1, 0.15) is 26.3 Å². The van der Waals surface area contributed by atoms with Crippen molar-refractivity contribution in [2.75, 3.05) is 11.9 Å². The zero-order chi connectivity index (χ0) is 19.0. The van der Waals surface area contributed by atoms with Crippen LogP contribution in [-0.4, -0.2) is 29.5 Å². The van der Waals surface area contributed by atoms with Crippen LogP contribution in [0.2, 0.25) is 0 Å². The maximum Gasteiger partial charge on any atom is 0.246 e. The molecule has 0 spiro atoms. The number of amides is 2. The lowest BCUT2D eigenvalue weighted by Crippen LogP contribution is -2.38. The zero-order valence-electron chi connectivity index (χ0n) is 15.3. The van der Waals surface area contributed by atoms with Crippen LogP contribution in [0.3, 0.4) is 0 Å². The first-order chi connectivity index (χ1) is 12.4. The number of anilines is 1. The summed E-state index contributed by atoms with van der Waals surface area (Å²) in [6.45, 7) is 5.57. The van der Waals surface area contributed by atoms with E-state index >= 15 is 0 Å². The fraction of sp³-hybridized carbons (Fsp3) is 0.300. The van der Waals surface area contributed by atoms with Gasteiger partial charge in [-0.3, -0.25) is 14.4 Å². The first-order valence-electron chi connectivity index (χ1n) is 8.34. The van der Waals surface area contributed by atoms with Gasteiger partial charge in [0.15, 0.2) is 0 Å². The molecule has 0 unspecified atom stereocenters. The molecule has 6 nitrogen and oxygen atoms in total. The summed E-state index contributed by atoms with van der Waals surface area (Å²) in [4.78, 5) is 28.7. The van der Waals surface area contributed by atoms with Crippen molar-refractivity contribution in [2.24, 2.45) is 0 Å². The molecule has 0 radical (unpaired) electrons. The molecule has 2 amide bonds. The zero-order valence-corrected chi connectivity index (χ0v) is 15.3. The number of para-hydroxylation sites is 2. The van der Waals surface area contributed by atoms with Crippen LogP contribution in [0.15, 0.2) is 54.6 Å². The minimum Gasteiger partial charge on any atom is -0.487 e. The number of rotatable bonds is 8. The van der Waals surface area contributed by atoms with Crippen molar-refractivity contribution in [1.82, 2.24) is 5.06 Å². The molecule has 26 heavy (non-hydrogen) atoms. The van der Waals surface area contributed by atoms with Crippen LogP contribution in [0.25, 0.3) is 0 Å². The normalized spacial score (nSPS) is 10.9. The molecule has 0 aliphatic heterocycles. The minimum atomic E-state index is -0.572. The van der Waals surface area contributed by atoms with Gasteiger partial charge in [-0.2, -0.15) is 0 Å². The Kier molecular flexibility index (Phi) is 6.74. The molecule has 0 bridgehead atoms. The molecule has 6 heteroatoms. The molecule has 0 fully saturated rings. The molecule has 2 rings (SSSR count). The van der Waals surface area contributed by atoms with Crippen molar-refractivity contribution >= 4 is 18.0 Å². The van der Waals surface area contributed by atoms with Crippen LogP contribution in [0, 0.1) is 0 Å². The summed E-state index contributed by atoms with van der Waals surface area (Å²) in [5, 5.41) is 3.73. The summed E-state index contributed by atoms with van der Waals surface area (Å²) in [5.41, 5.74) is 0.993. The second-order valence-corrected chi connectivity index (χ2v) is 6.70. The van der Waals surface area contributed by atoms with E-state index in [0.29, 0.717) is 24.5 Å². The van der Waals surface area contributed by atoms with Gasteiger partial charge in [0.05, 0.1) is 11.3 Å². The third kappa shape index (κ3) is 6.57. The molecule has 0 aromatic heterocycles. The van der Waals surface area contributed by atoms with Crippen molar-refractivity contribution < 1.29 is 19.2 Å². The Morgan fingerprint density at radius 3 is 2.38 bits per heavy atom.